The topological polar surface area (TPSA) is 626 Å². The van der Waals surface area contributed by atoms with Crippen LogP contribution in [0.3, 0.4) is 0 Å². The number of aryl methyl sites for hydroxylation is 1. The van der Waals surface area contributed by atoms with Gasteiger partial charge in [-0.25, -0.2) is 0 Å². The van der Waals surface area contributed by atoms with Gasteiger partial charge < -0.3 is 99.7 Å². The van der Waals surface area contributed by atoms with Gasteiger partial charge in [0.1, 0.15) is 48.3 Å². The lowest BCUT2D eigenvalue weighted by Gasteiger charge is -2.26. The van der Waals surface area contributed by atoms with E-state index in [4.69, 9.17) is 26.4 Å². The van der Waals surface area contributed by atoms with Crippen molar-refractivity contribution in [1.29, 1.82) is 0 Å². The third-order valence-corrected chi connectivity index (χ3v) is 11.4. The number of aromatic nitrogens is 3. The van der Waals surface area contributed by atoms with Gasteiger partial charge >= 0.3 is 43.4 Å². The van der Waals surface area contributed by atoms with Crippen molar-refractivity contribution in [2.45, 2.75) is 132 Å². The number of unbranched alkanes of at least 4 members (excludes halogenated alkanes) is 1. The molecule has 0 aromatic carbocycles. The maximum Gasteiger partial charge on any atom is 0.327 e. The summed E-state index contributed by atoms with van der Waals surface area (Å²) in [6.45, 7) is 0.957. The molecule has 0 saturated heterocycles. The Labute approximate surface area is 450 Å². The zero-order valence-corrected chi connectivity index (χ0v) is 43.4. The van der Waals surface area contributed by atoms with Crippen LogP contribution in [0.25, 0.3) is 0 Å². The number of hydrogen-bond acceptors (Lipinski definition) is 20. The zero-order chi connectivity index (χ0) is 61.2. The maximum absolute atomic E-state index is 13.6. The first-order valence-electron chi connectivity index (χ1n) is 23.5. The molecule has 0 unspecified atom stereocenters. The predicted molar refractivity (Wildman–Crippen MR) is 260 cm³/mol. The van der Waals surface area contributed by atoms with Crippen LogP contribution in [0.15, 0.2) is 6.20 Å². The van der Waals surface area contributed by atoms with E-state index < -0.39 is 196 Å². The van der Waals surface area contributed by atoms with E-state index in [1.54, 1.807) is 16.0 Å². The molecule has 0 saturated carbocycles. The Hall–Kier alpha value is -8.74. The van der Waals surface area contributed by atoms with Crippen LogP contribution in [0.5, 0.6) is 0 Å². The predicted octanol–water partition coefficient (Wildman–Crippen LogP) is -9.05. The van der Waals surface area contributed by atoms with Gasteiger partial charge in [-0.3, -0.25) is 81.2 Å². The molecular formula is C41H63N14O24P. The van der Waals surface area contributed by atoms with E-state index in [2.05, 4.69) is 31.6 Å². The van der Waals surface area contributed by atoms with Crippen molar-refractivity contribution in [3.8, 4) is 0 Å². The van der Waals surface area contributed by atoms with E-state index in [0.717, 1.165) is 11.6 Å². The van der Waals surface area contributed by atoms with Crippen LogP contribution in [0.4, 0.5) is 0 Å². The number of rotatable bonds is 38. The first-order valence-corrected chi connectivity index (χ1v) is 25.3. The SMILES string of the molecule is CNC(=O)[C@H](Cc1cn(CCP(=O)(O)O)nn1)NC(=O)[C@H](CCCCN)NC(=O)[C@H](C)NC(=O)[C@H](CC(=O)O)NC(=O)[C@H](CC(=O)O)NC(=O)[C@H](CC(=O)O)NC(=O)[C@H](CC(=O)O)NC(=O)[C@H](CC(=O)O)NC(=O)[C@@H](N)CC(=O)O. The van der Waals surface area contributed by atoms with Crippen molar-refractivity contribution in [2.24, 2.45) is 11.5 Å². The minimum Gasteiger partial charge on any atom is -0.481 e. The average molecular weight is 1170 g/mol. The lowest BCUT2D eigenvalue weighted by molar-refractivity contribution is -0.145. The molecule has 0 aliphatic heterocycles. The number of amides is 9. The molecule has 1 heterocycles. The third-order valence-electron chi connectivity index (χ3n) is 10.6. The molecule has 0 aliphatic carbocycles. The molecule has 0 radical (unpaired) electrons. The van der Waals surface area contributed by atoms with Crippen LogP contribution in [0.2, 0.25) is 0 Å². The van der Waals surface area contributed by atoms with Gasteiger partial charge in [-0.15, -0.1) is 5.10 Å². The van der Waals surface area contributed by atoms with Crippen molar-refractivity contribution in [3.05, 3.63) is 11.9 Å². The number of nitrogens with one attached hydrogen (secondary N) is 9. The highest BCUT2D eigenvalue weighted by Crippen LogP contribution is 2.33. The van der Waals surface area contributed by atoms with Gasteiger partial charge in [-0.1, -0.05) is 5.21 Å². The van der Waals surface area contributed by atoms with Crippen LogP contribution in [-0.4, -0.2) is 219 Å². The summed E-state index contributed by atoms with van der Waals surface area (Å²) < 4.78 is 12.4. The molecule has 39 heteroatoms. The van der Waals surface area contributed by atoms with E-state index in [1.807, 2.05) is 10.6 Å². The van der Waals surface area contributed by atoms with Crippen molar-refractivity contribution >= 4 is 96.6 Å². The van der Waals surface area contributed by atoms with Gasteiger partial charge in [0.25, 0.3) is 0 Å². The summed E-state index contributed by atoms with van der Waals surface area (Å²) in [6.07, 6.45) is -6.91. The first-order chi connectivity index (χ1) is 37.2. The van der Waals surface area contributed by atoms with E-state index in [1.165, 1.54) is 13.2 Å². The monoisotopic (exact) mass is 1170 g/mol. The van der Waals surface area contributed by atoms with Crippen LogP contribution >= 0.6 is 7.60 Å². The molecule has 0 bridgehead atoms. The van der Waals surface area contributed by atoms with Gasteiger partial charge in [-0.05, 0) is 32.7 Å². The summed E-state index contributed by atoms with van der Waals surface area (Å²) in [4.78, 5) is 207. The minimum atomic E-state index is -4.41. The summed E-state index contributed by atoms with van der Waals surface area (Å²) in [7, 11) is -3.17. The van der Waals surface area contributed by atoms with Gasteiger partial charge in [0, 0.05) is 19.7 Å². The second kappa shape index (κ2) is 33.5. The van der Waals surface area contributed by atoms with Crippen molar-refractivity contribution in [1.82, 2.24) is 62.8 Å². The summed E-state index contributed by atoms with van der Waals surface area (Å²) in [6, 6.07) is -17.7. The highest BCUT2D eigenvalue weighted by molar-refractivity contribution is 7.51. The molecule has 80 heavy (non-hydrogen) atoms. The number of nitrogens with zero attached hydrogens (tertiary/aromatic N) is 3. The number of likely N-dealkylation sites (N-methyl/N-ethyl adjacent to an activating group) is 1. The normalized spacial score (nSPS) is 14.4. The van der Waals surface area contributed by atoms with Gasteiger partial charge in [0.15, 0.2) is 0 Å². The average Bonchev–Trinajstić information content (AvgIpc) is 3.79. The van der Waals surface area contributed by atoms with Crippen molar-refractivity contribution < 1.29 is 117 Å². The standard InChI is InChI=1S/C41H63N14O24P/c1-17(33(68)46-20(5-3-4-6-42)36(71)48-21(35(70)44-2)9-18-16-55(54-53-18)7-8-80(77,78)79)45-37(72)22(11-28(58)59)49-39(74)24(13-30(62)63)51-41(76)26(15-32(66)67)52-40(75)25(14-31(64)65)50-38(73)23(12-29(60)61)47-34(69)19(43)10-27(56)57/h16-17,19-26H,3-15,42-43H2,1-2H3,(H,44,70)(H,45,72)(H,46,68)(H,47,69)(H,48,71)(H,49,74)(H,50,73)(H,51,76)(H,52,75)(H,56,57)(H,58,59)(H,60,61)(H,62,63)(H,64,65)(H,66,67)(H2,77,78,79)/t17-,19-,20-,21-,22-,23-,24-,25-,26-/m0/s1. The molecule has 1 aromatic heterocycles. The van der Waals surface area contributed by atoms with Gasteiger partial charge in [0.2, 0.25) is 53.2 Å². The third kappa shape index (κ3) is 27.0. The molecule has 9 atom stereocenters. The lowest BCUT2D eigenvalue weighted by Crippen LogP contribution is -2.61. The molecule has 1 aromatic rings. The molecule has 0 aliphatic rings. The molecule has 0 fully saturated rings. The zero-order valence-electron chi connectivity index (χ0n) is 42.5. The second-order valence-electron chi connectivity index (χ2n) is 17.3. The Morgan fingerprint density at radius 2 is 0.863 bits per heavy atom. The first kappa shape index (κ1) is 69.3. The Morgan fingerprint density at radius 1 is 0.512 bits per heavy atom. The lowest BCUT2D eigenvalue weighted by atomic mass is 10.1. The molecule has 446 valence electrons. The Kier molecular flexibility index (Phi) is 29.0. The van der Waals surface area contributed by atoms with Crippen molar-refractivity contribution in [2.75, 3.05) is 19.8 Å². The van der Waals surface area contributed by atoms with Gasteiger partial charge in [-0.2, -0.15) is 0 Å². The number of aliphatic carboxylic acids is 6. The largest absolute Gasteiger partial charge is 0.481 e. The van der Waals surface area contributed by atoms with Crippen LogP contribution in [-0.2, 0) is 89.4 Å². The molecule has 9 amide bonds. The fraction of sp³-hybridized carbons (Fsp3) is 0.585. The van der Waals surface area contributed by atoms with Gasteiger partial charge in [0.05, 0.1) is 63.0 Å². The highest BCUT2D eigenvalue weighted by Gasteiger charge is 2.37. The number of carbonyl (C=O) groups excluding carboxylic acids is 9. The summed E-state index contributed by atoms with van der Waals surface area (Å²) in [5, 5.41) is 82.3. The quantitative estimate of drug-likeness (QED) is 0.0216. The highest BCUT2D eigenvalue weighted by atomic mass is 31.2. The molecule has 38 nitrogen and oxygen atoms in total. The number of carboxylic acids is 6. The summed E-state index contributed by atoms with van der Waals surface area (Å²) in [5.74, 6) is -22.9. The van der Waals surface area contributed by atoms with Crippen LogP contribution in [0, 0.1) is 0 Å². The number of nitrogens with two attached hydrogens (primary N) is 2. The Balaban J connectivity index is 3.37. The molecule has 1 rings (SSSR count). The van der Waals surface area contributed by atoms with E-state index >= 15 is 0 Å². The minimum absolute atomic E-state index is 0.104. The number of carboxylic acid groups (broad SMARTS) is 6. The summed E-state index contributed by atoms with van der Waals surface area (Å²) in [5.41, 5.74) is 11.1. The smallest absolute Gasteiger partial charge is 0.327 e. The van der Waals surface area contributed by atoms with Crippen LogP contribution in [0.1, 0.15) is 70.4 Å². The van der Waals surface area contributed by atoms with Crippen molar-refractivity contribution in [3.63, 3.8) is 0 Å². The molecule has 21 N–H and O–H groups in total. The number of hydrogen-bond donors (Lipinski definition) is 19. The Morgan fingerprint density at radius 3 is 1.23 bits per heavy atom. The fourth-order valence-electron chi connectivity index (χ4n) is 6.65. The Bertz CT molecular complexity index is 2520. The number of carbonyl (C=O) groups is 15. The second-order valence-corrected chi connectivity index (χ2v) is 19.1. The van der Waals surface area contributed by atoms with E-state index in [0.29, 0.717) is 6.42 Å². The van der Waals surface area contributed by atoms with E-state index in [-0.39, 0.29) is 38.0 Å². The molecule has 0 spiro atoms. The summed E-state index contributed by atoms with van der Waals surface area (Å²) >= 11 is 0. The van der Waals surface area contributed by atoms with Crippen LogP contribution < -0.4 is 59.3 Å². The van der Waals surface area contributed by atoms with E-state index in [9.17, 15) is 102 Å². The molecular weight excluding hydrogens is 1100 g/mol. The fourth-order valence-corrected chi connectivity index (χ4v) is 7.11. The maximum atomic E-state index is 13.6.